The molecule has 0 unspecified atom stereocenters. The molecule has 1 aliphatic carbocycles. The molecule has 0 saturated carbocycles. The summed E-state index contributed by atoms with van der Waals surface area (Å²) in [7, 11) is 0. The molecule has 1 aliphatic heterocycles. The van der Waals surface area contributed by atoms with Crippen LogP contribution in [0.2, 0.25) is 0 Å². The van der Waals surface area contributed by atoms with Gasteiger partial charge in [-0.25, -0.2) is 4.98 Å². The Morgan fingerprint density at radius 3 is 3.09 bits per heavy atom. The van der Waals surface area contributed by atoms with E-state index < -0.39 is 0 Å². The number of nitrogens with zero attached hydrogens (tertiary/aromatic N) is 1. The molecule has 0 radical (unpaired) electrons. The molecular weight excluding hydrogens is 300 g/mol. The van der Waals surface area contributed by atoms with Gasteiger partial charge in [-0.15, -0.1) is 11.3 Å². The average Bonchev–Trinajstić information content (AvgIpc) is 3.10. The highest BCUT2D eigenvalue weighted by Crippen LogP contribution is 2.40. The summed E-state index contributed by atoms with van der Waals surface area (Å²) in [4.78, 5) is 5.79. The Morgan fingerprint density at radius 1 is 1.36 bits per heavy atom. The van der Waals surface area contributed by atoms with Crippen molar-refractivity contribution >= 4 is 22.4 Å². The molecule has 4 N–H and O–H groups in total. The van der Waals surface area contributed by atoms with Crippen molar-refractivity contribution in [2.24, 2.45) is 5.73 Å². The SMILES string of the molecule is N=C(N)Nc1nc2c(s1)C[C@@H](c1ccc3c(c1)OCO3)CC2. The van der Waals surface area contributed by atoms with Crippen LogP contribution in [0, 0.1) is 5.41 Å². The highest BCUT2D eigenvalue weighted by atomic mass is 32.1. The lowest BCUT2D eigenvalue weighted by molar-refractivity contribution is 0.174. The van der Waals surface area contributed by atoms with E-state index >= 15 is 0 Å². The molecule has 0 fully saturated rings. The van der Waals surface area contributed by atoms with Gasteiger partial charge in [-0.1, -0.05) is 6.07 Å². The summed E-state index contributed by atoms with van der Waals surface area (Å²) in [6.07, 6.45) is 2.98. The van der Waals surface area contributed by atoms with Crippen LogP contribution in [-0.2, 0) is 12.8 Å². The molecule has 1 aromatic carbocycles. The molecule has 0 bridgehead atoms. The number of benzene rings is 1. The van der Waals surface area contributed by atoms with Crippen LogP contribution >= 0.6 is 11.3 Å². The van der Waals surface area contributed by atoms with Crippen molar-refractivity contribution in [2.75, 3.05) is 12.1 Å². The zero-order valence-corrected chi connectivity index (χ0v) is 12.7. The maximum atomic E-state index is 7.29. The van der Waals surface area contributed by atoms with Gasteiger partial charge >= 0.3 is 0 Å². The topological polar surface area (TPSA) is 93.3 Å². The molecule has 0 amide bonds. The number of rotatable bonds is 2. The minimum atomic E-state index is -0.0709. The van der Waals surface area contributed by atoms with Crippen LogP contribution in [0.25, 0.3) is 0 Å². The Kier molecular flexibility index (Phi) is 3.15. The van der Waals surface area contributed by atoms with Crippen LogP contribution < -0.4 is 20.5 Å². The van der Waals surface area contributed by atoms with E-state index in [1.807, 2.05) is 6.07 Å². The fourth-order valence-corrected chi connectivity index (χ4v) is 4.10. The van der Waals surface area contributed by atoms with E-state index in [1.165, 1.54) is 10.4 Å². The molecule has 0 saturated heterocycles. The van der Waals surface area contributed by atoms with E-state index in [4.69, 9.17) is 20.6 Å². The van der Waals surface area contributed by atoms with E-state index in [2.05, 4.69) is 22.4 Å². The number of aromatic nitrogens is 1. The number of nitrogens with two attached hydrogens (primary N) is 1. The number of fused-ring (bicyclic) bond motifs is 2. The number of aryl methyl sites for hydroxylation is 1. The lowest BCUT2D eigenvalue weighted by atomic mass is 9.85. The van der Waals surface area contributed by atoms with Crippen molar-refractivity contribution in [3.63, 3.8) is 0 Å². The number of guanidine groups is 1. The smallest absolute Gasteiger partial charge is 0.231 e. The van der Waals surface area contributed by atoms with E-state index in [0.29, 0.717) is 17.8 Å². The van der Waals surface area contributed by atoms with Gasteiger partial charge in [-0.05, 0) is 42.9 Å². The van der Waals surface area contributed by atoms with Gasteiger partial charge in [0.25, 0.3) is 0 Å². The molecule has 2 heterocycles. The second-order valence-electron chi connectivity index (χ2n) is 5.48. The van der Waals surface area contributed by atoms with Crippen molar-refractivity contribution in [1.82, 2.24) is 4.98 Å². The fourth-order valence-electron chi connectivity index (χ4n) is 3.00. The van der Waals surface area contributed by atoms with Gasteiger partial charge in [0.15, 0.2) is 22.6 Å². The van der Waals surface area contributed by atoms with Crippen LogP contribution in [0.5, 0.6) is 11.5 Å². The molecule has 0 spiro atoms. The first-order valence-electron chi connectivity index (χ1n) is 7.18. The Labute approximate surface area is 131 Å². The Balaban J connectivity index is 1.56. The van der Waals surface area contributed by atoms with Crippen molar-refractivity contribution in [3.05, 3.63) is 34.3 Å². The third kappa shape index (κ3) is 2.37. The van der Waals surface area contributed by atoms with E-state index in [9.17, 15) is 0 Å². The second-order valence-corrected chi connectivity index (χ2v) is 6.56. The largest absolute Gasteiger partial charge is 0.454 e. The van der Waals surface area contributed by atoms with Gasteiger partial charge in [0.05, 0.1) is 5.69 Å². The molecule has 2 aromatic rings. The van der Waals surface area contributed by atoms with Crippen molar-refractivity contribution in [2.45, 2.75) is 25.2 Å². The summed E-state index contributed by atoms with van der Waals surface area (Å²) in [6.45, 7) is 0.308. The molecule has 4 rings (SSSR count). The summed E-state index contributed by atoms with van der Waals surface area (Å²) < 4.78 is 10.8. The highest BCUT2D eigenvalue weighted by Gasteiger charge is 2.25. The van der Waals surface area contributed by atoms with E-state index in [0.717, 1.165) is 36.5 Å². The van der Waals surface area contributed by atoms with E-state index in [-0.39, 0.29) is 5.96 Å². The van der Waals surface area contributed by atoms with Crippen LogP contribution in [0.3, 0.4) is 0 Å². The third-order valence-electron chi connectivity index (χ3n) is 4.05. The standard InChI is InChI=1S/C15H16N4O2S/c16-14(17)19-15-18-10-3-1-9(6-13(10)22-15)8-2-4-11-12(5-8)21-7-20-11/h2,4-5,9H,1,3,6-7H2,(H4,16,17,18,19)/t9-/m0/s1. The molecule has 1 atom stereocenters. The number of hydrogen-bond acceptors (Lipinski definition) is 5. The van der Waals surface area contributed by atoms with E-state index in [1.54, 1.807) is 11.3 Å². The summed E-state index contributed by atoms with van der Waals surface area (Å²) in [5, 5.41) is 10.8. The zero-order valence-electron chi connectivity index (χ0n) is 11.9. The van der Waals surface area contributed by atoms with Crippen LogP contribution in [0.1, 0.15) is 28.5 Å². The first kappa shape index (κ1) is 13.4. The molecule has 6 nitrogen and oxygen atoms in total. The average molecular weight is 316 g/mol. The normalized spacial score (nSPS) is 18.8. The van der Waals surface area contributed by atoms with Crippen LogP contribution in [0.4, 0.5) is 5.13 Å². The summed E-state index contributed by atoms with van der Waals surface area (Å²) >= 11 is 1.59. The monoisotopic (exact) mass is 316 g/mol. The van der Waals surface area contributed by atoms with Gasteiger partial charge in [0.2, 0.25) is 6.79 Å². The lowest BCUT2D eigenvalue weighted by Gasteiger charge is -2.21. The van der Waals surface area contributed by atoms with Gasteiger partial charge in [-0.3, -0.25) is 5.41 Å². The number of hydrogen-bond donors (Lipinski definition) is 3. The molecule has 2 aliphatic rings. The number of nitrogens with one attached hydrogen (secondary N) is 2. The Morgan fingerprint density at radius 2 is 2.23 bits per heavy atom. The molecule has 7 heteroatoms. The summed E-state index contributed by atoms with van der Waals surface area (Å²) in [5.74, 6) is 2.06. The second kappa shape index (κ2) is 5.17. The quantitative estimate of drug-likeness (QED) is 0.584. The van der Waals surface area contributed by atoms with Crippen molar-refractivity contribution in [1.29, 1.82) is 5.41 Å². The van der Waals surface area contributed by atoms with Gasteiger partial charge in [0.1, 0.15) is 0 Å². The van der Waals surface area contributed by atoms with Crippen LogP contribution in [0.15, 0.2) is 18.2 Å². The summed E-state index contributed by atoms with van der Waals surface area (Å²) in [5.41, 5.74) is 7.78. The van der Waals surface area contributed by atoms with Crippen LogP contribution in [-0.4, -0.2) is 17.7 Å². The highest BCUT2D eigenvalue weighted by molar-refractivity contribution is 7.15. The first-order valence-corrected chi connectivity index (χ1v) is 8.00. The molecular formula is C15H16N4O2S. The number of ether oxygens (including phenoxy) is 2. The Hall–Kier alpha value is -2.28. The molecule has 114 valence electrons. The minimum absolute atomic E-state index is 0.0709. The lowest BCUT2D eigenvalue weighted by Crippen LogP contribution is -2.20. The Bertz CT molecular complexity index is 743. The number of thiazole rings is 1. The first-order chi connectivity index (χ1) is 10.7. The number of anilines is 1. The minimum Gasteiger partial charge on any atom is -0.454 e. The van der Waals surface area contributed by atoms with Crippen molar-refractivity contribution in [3.8, 4) is 11.5 Å². The maximum Gasteiger partial charge on any atom is 0.231 e. The maximum absolute atomic E-state index is 7.29. The molecule has 22 heavy (non-hydrogen) atoms. The predicted molar refractivity (Wildman–Crippen MR) is 85.0 cm³/mol. The predicted octanol–water partition coefficient (Wildman–Crippen LogP) is 2.45. The summed E-state index contributed by atoms with van der Waals surface area (Å²) in [6, 6.07) is 6.20. The van der Waals surface area contributed by atoms with Gasteiger partial charge < -0.3 is 20.5 Å². The third-order valence-corrected chi connectivity index (χ3v) is 5.08. The van der Waals surface area contributed by atoms with Crippen molar-refractivity contribution < 1.29 is 9.47 Å². The fraction of sp³-hybridized carbons (Fsp3) is 0.333. The van der Waals surface area contributed by atoms with Gasteiger partial charge in [-0.2, -0.15) is 0 Å². The zero-order chi connectivity index (χ0) is 15.1. The van der Waals surface area contributed by atoms with Gasteiger partial charge in [0, 0.05) is 4.88 Å². The molecule has 1 aromatic heterocycles.